The van der Waals surface area contributed by atoms with Crippen molar-refractivity contribution in [2.45, 2.75) is 16.3 Å². The number of thioether (sulfide) groups is 1. The van der Waals surface area contributed by atoms with Crippen LogP contribution >= 0.6 is 23.1 Å². The van der Waals surface area contributed by atoms with Gasteiger partial charge in [-0.1, -0.05) is 41.7 Å². The van der Waals surface area contributed by atoms with Crippen molar-refractivity contribution in [2.75, 3.05) is 45.4 Å². The molecule has 10 heteroatoms. The first-order chi connectivity index (χ1) is 17.7. The molecule has 4 rings (SSSR count). The van der Waals surface area contributed by atoms with Gasteiger partial charge in [-0.15, -0.1) is 11.8 Å². The zero-order valence-corrected chi connectivity index (χ0v) is 23.7. The average molecular weight is 555 g/mol. The Morgan fingerprint density at radius 1 is 0.946 bits per heavy atom. The van der Waals surface area contributed by atoms with Crippen LogP contribution < -0.4 is 4.90 Å². The van der Waals surface area contributed by atoms with Gasteiger partial charge in [-0.3, -0.25) is 9.69 Å². The molecule has 0 N–H and O–H groups in total. The number of carbonyl (C=O) groups is 1. The summed E-state index contributed by atoms with van der Waals surface area (Å²) in [5.74, 6) is -0.215. The number of hydrogen-bond donors (Lipinski definition) is 0. The van der Waals surface area contributed by atoms with Crippen LogP contribution in [0.25, 0.3) is 10.2 Å². The summed E-state index contributed by atoms with van der Waals surface area (Å²) < 4.78 is 28.6. The first-order valence-electron chi connectivity index (χ1n) is 11.7. The van der Waals surface area contributed by atoms with E-state index in [2.05, 4.69) is 6.07 Å². The third-order valence-electron chi connectivity index (χ3n) is 5.89. The van der Waals surface area contributed by atoms with Crippen molar-refractivity contribution in [3.8, 4) is 0 Å². The number of amides is 1. The number of nitrogens with zero attached hydrogens (tertiary/aromatic N) is 4. The van der Waals surface area contributed by atoms with Gasteiger partial charge >= 0.3 is 0 Å². The van der Waals surface area contributed by atoms with Crippen LogP contribution in [-0.2, 0) is 16.6 Å². The molecule has 0 spiro atoms. The lowest BCUT2D eigenvalue weighted by atomic mass is 10.2. The number of likely N-dealkylation sites (N-methyl/N-ethyl adjacent to an activating group) is 1. The van der Waals surface area contributed by atoms with Gasteiger partial charge in [-0.2, -0.15) is 4.31 Å². The van der Waals surface area contributed by atoms with Gasteiger partial charge in [0.1, 0.15) is 0 Å². The third-order valence-corrected chi connectivity index (χ3v) is 9.47. The molecule has 0 unspecified atom stereocenters. The number of hydrogen-bond acceptors (Lipinski definition) is 7. The van der Waals surface area contributed by atoms with Crippen molar-refractivity contribution in [2.24, 2.45) is 0 Å². The quantitative estimate of drug-likeness (QED) is 0.256. The largest absolute Gasteiger partial charge is 0.308 e. The second-order valence-corrected chi connectivity index (χ2v) is 12.8. The molecule has 1 aromatic heterocycles. The van der Waals surface area contributed by atoms with E-state index in [-0.39, 0.29) is 17.3 Å². The van der Waals surface area contributed by atoms with Crippen molar-refractivity contribution < 1.29 is 13.2 Å². The number of carbonyl (C=O) groups excluding carboxylic acids is 1. The molecule has 0 aliphatic heterocycles. The Balaban J connectivity index is 1.58. The number of rotatable bonds is 10. The van der Waals surface area contributed by atoms with Crippen LogP contribution in [0.2, 0.25) is 0 Å². The van der Waals surface area contributed by atoms with Crippen LogP contribution in [0.5, 0.6) is 0 Å². The van der Waals surface area contributed by atoms with E-state index in [9.17, 15) is 13.2 Å². The Labute approximate surface area is 226 Å². The number of thiazole rings is 1. The lowest BCUT2D eigenvalue weighted by Gasteiger charge is -2.22. The molecule has 0 aliphatic rings. The molecule has 3 aromatic carbocycles. The van der Waals surface area contributed by atoms with Crippen molar-refractivity contribution in [3.63, 3.8) is 0 Å². The maximum absolute atomic E-state index is 13.6. The van der Waals surface area contributed by atoms with Gasteiger partial charge in [-0.05, 0) is 68.4 Å². The molecule has 1 heterocycles. The maximum atomic E-state index is 13.6. The van der Waals surface area contributed by atoms with Crippen molar-refractivity contribution in [1.29, 1.82) is 0 Å². The second kappa shape index (κ2) is 11.7. The molecule has 7 nitrogen and oxygen atoms in total. The zero-order valence-electron chi connectivity index (χ0n) is 21.3. The molecule has 0 saturated heterocycles. The molecule has 0 aliphatic carbocycles. The summed E-state index contributed by atoms with van der Waals surface area (Å²) in [6.45, 7) is 1.38. The standard InChI is InChI=1S/C27H30N4O3S3/c1-29(2)16-17-31(27-28-24-15-12-22(35-4)18-25(24)36-27)26(32)21-10-13-23(14-11-21)37(33,34)30(3)19-20-8-6-5-7-9-20/h5-15,18H,16-17,19H2,1-4H3. The lowest BCUT2D eigenvalue weighted by molar-refractivity contribution is 0.0985. The Morgan fingerprint density at radius 3 is 2.30 bits per heavy atom. The first kappa shape index (κ1) is 27.3. The number of fused-ring (bicyclic) bond motifs is 1. The van der Waals surface area contributed by atoms with Gasteiger partial charge in [0.05, 0.1) is 15.1 Å². The number of anilines is 1. The number of benzene rings is 3. The highest BCUT2D eigenvalue weighted by molar-refractivity contribution is 7.98. The van der Waals surface area contributed by atoms with Crippen LogP contribution in [0.15, 0.2) is 82.6 Å². The van der Waals surface area contributed by atoms with E-state index in [1.54, 1.807) is 35.8 Å². The molecule has 0 atom stereocenters. The van der Waals surface area contributed by atoms with Crippen LogP contribution in [0, 0.1) is 0 Å². The van der Waals surface area contributed by atoms with Crippen LogP contribution in [0.3, 0.4) is 0 Å². The molecule has 37 heavy (non-hydrogen) atoms. The van der Waals surface area contributed by atoms with E-state index in [1.165, 1.54) is 27.8 Å². The van der Waals surface area contributed by atoms with Crippen molar-refractivity contribution in [3.05, 3.63) is 83.9 Å². The van der Waals surface area contributed by atoms with Crippen molar-refractivity contribution >= 4 is 54.4 Å². The highest BCUT2D eigenvalue weighted by Crippen LogP contribution is 2.32. The monoisotopic (exact) mass is 554 g/mol. The smallest absolute Gasteiger partial charge is 0.260 e. The summed E-state index contributed by atoms with van der Waals surface area (Å²) in [4.78, 5) is 23.3. The van der Waals surface area contributed by atoms with E-state index in [4.69, 9.17) is 4.98 Å². The van der Waals surface area contributed by atoms with E-state index in [0.717, 1.165) is 20.7 Å². The fourth-order valence-electron chi connectivity index (χ4n) is 3.75. The predicted molar refractivity (Wildman–Crippen MR) is 153 cm³/mol. The summed E-state index contributed by atoms with van der Waals surface area (Å²) in [5.41, 5.74) is 2.16. The summed E-state index contributed by atoms with van der Waals surface area (Å²) >= 11 is 3.14. The van der Waals surface area contributed by atoms with Crippen LogP contribution in [0.4, 0.5) is 5.13 Å². The maximum Gasteiger partial charge on any atom is 0.260 e. The third kappa shape index (κ3) is 6.39. The number of sulfonamides is 1. The Morgan fingerprint density at radius 2 is 1.65 bits per heavy atom. The minimum Gasteiger partial charge on any atom is -0.308 e. The minimum atomic E-state index is -3.71. The van der Waals surface area contributed by atoms with Crippen molar-refractivity contribution in [1.82, 2.24) is 14.2 Å². The average Bonchev–Trinajstić information content (AvgIpc) is 3.32. The van der Waals surface area contributed by atoms with Gasteiger partial charge in [-0.25, -0.2) is 13.4 Å². The molecule has 0 saturated carbocycles. The normalized spacial score (nSPS) is 11.9. The Hall–Kier alpha value is -2.76. The van der Waals surface area contributed by atoms with Gasteiger partial charge in [0.2, 0.25) is 10.0 Å². The van der Waals surface area contributed by atoms with Crippen LogP contribution in [-0.4, -0.2) is 69.0 Å². The zero-order chi connectivity index (χ0) is 26.6. The summed E-state index contributed by atoms with van der Waals surface area (Å²) in [5, 5.41) is 0.624. The van der Waals surface area contributed by atoms with E-state index in [1.807, 2.05) is 67.7 Å². The molecule has 4 aromatic rings. The van der Waals surface area contributed by atoms with E-state index in [0.29, 0.717) is 23.8 Å². The van der Waals surface area contributed by atoms with Gasteiger partial charge < -0.3 is 4.90 Å². The van der Waals surface area contributed by atoms with Gasteiger partial charge in [0, 0.05) is 37.1 Å². The first-order valence-corrected chi connectivity index (χ1v) is 15.2. The molecule has 194 valence electrons. The Kier molecular flexibility index (Phi) is 8.66. The summed E-state index contributed by atoms with van der Waals surface area (Å²) in [6, 6.07) is 21.7. The fourth-order valence-corrected chi connectivity index (χ4v) is 6.45. The summed E-state index contributed by atoms with van der Waals surface area (Å²) in [7, 11) is 1.76. The number of aromatic nitrogens is 1. The molecular weight excluding hydrogens is 525 g/mol. The SMILES string of the molecule is CSc1ccc2nc(N(CCN(C)C)C(=O)c3ccc(S(=O)(=O)N(C)Cc4ccccc4)cc3)sc2c1. The van der Waals surface area contributed by atoms with Gasteiger partial charge in [0.15, 0.2) is 5.13 Å². The molecular formula is C27H30N4O3S3. The topological polar surface area (TPSA) is 73.8 Å². The van der Waals surface area contributed by atoms with Gasteiger partial charge in [0.25, 0.3) is 5.91 Å². The van der Waals surface area contributed by atoms with E-state index < -0.39 is 10.0 Å². The Bertz CT molecular complexity index is 1470. The highest BCUT2D eigenvalue weighted by atomic mass is 32.2. The highest BCUT2D eigenvalue weighted by Gasteiger charge is 2.24. The lowest BCUT2D eigenvalue weighted by Crippen LogP contribution is -2.36. The fraction of sp³-hybridized carbons (Fsp3) is 0.259. The van der Waals surface area contributed by atoms with E-state index >= 15 is 0 Å². The molecule has 0 bridgehead atoms. The molecule has 1 amide bonds. The molecule has 0 radical (unpaired) electrons. The summed E-state index contributed by atoms with van der Waals surface area (Å²) in [6.07, 6.45) is 2.03. The second-order valence-electron chi connectivity index (χ2n) is 8.86. The minimum absolute atomic E-state index is 0.145. The predicted octanol–water partition coefficient (Wildman–Crippen LogP) is 5.05. The van der Waals surface area contributed by atoms with Crippen LogP contribution in [0.1, 0.15) is 15.9 Å². The molecule has 0 fully saturated rings.